The first-order chi connectivity index (χ1) is 36.1. The van der Waals surface area contributed by atoms with E-state index in [2.05, 4.69) is 40.9 Å². The molecule has 5 aromatic heterocycles. The zero-order valence-electron chi connectivity index (χ0n) is 41.9. The summed E-state index contributed by atoms with van der Waals surface area (Å²) in [6.07, 6.45) is 9.98. The number of aromatic carboxylic acids is 3. The van der Waals surface area contributed by atoms with Crippen LogP contribution in [0, 0.1) is 34.6 Å². The molecule has 5 heterocycles. The van der Waals surface area contributed by atoms with Gasteiger partial charge in [0.05, 0.1) is 104 Å². The molecule has 9 rings (SSSR count). The zero-order chi connectivity index (χ0) is 53.6. The van der Waals surface area contributed by atoms with Crippen LogP contribution in [-0.4, -0.2) is 64.8 Å². The van der Waals surface area contributed by atoms with Gasteiger partial charge < -0.3 is 36.0 Å². The second-order valence-corrected chi connectivity index (χ2v) is 17.6. The van der Waals surface area contributed by atoms with E-state index in [-0.39, 0.29) is 16.7 Å². The highest BCUT2D eigenvalue weighted by Crippen LogP contribution is 2.31. The van der Waals surface area contributed by atoms with Gasteiger partial charge in [-0.1, -0.05) is 64.7 Å². The van der Waals surface area contributed by atoms with Crippen molar-refractivity contribution in [1.82, 2.24) is 24.9 Å². The molecule has 0 amide bonds. The van der Waals surface area contributed by atoms with Gasteiger partial charge in [0.15, 0.2) is 0 Å². The number of carboxylic acid groups (broad SMARTS) is 3. The number of halogens is 1. The third kappa shape index (κ3) is 14.2. The molecule has 75 heavy (non-hydrogen) atoms. The summed E-state index contributed by atoms with van der Waals surface area (Å²) in [5.74, 6) is -2.09. The lowest BCUT2D eigenvalue weighted by molar-refractivity contribution is 0.0687. The zero-order valence-corrected chi connectivity index (χ0v) is 42.6. The Morgan fingerprint density at radius 3 is 1.51 bits per heavy atom. The van der Waals surface area contributed by atoms with Crippen molar-refractivity contribution in [1.29, 1.82) is 0 Å². The molecule has 0 aliphatic carbocycles. The summed E-state index contributed by atoms with van der Waals surface area (Å²) in [6, 6.07) is 38.6. The normalized spacial score (nSPS) is 10.4. The molecule has 4 aromatic carbocycles. The van der Waals surface area contributed by atoms with Gasteiger partial charge >= 0.3 is 17.9 Å². The molecule has 0 spiro atoms. The maximum absolute atomic E-state index is 11.5. The lowest BCUT2D eigenvalue weighted by Crippen LogP contribution is -2.04. The van der Waals surface area contributed by atoms with E-state index >= 15 is 0 Å². The Balaban J connectivity index is 0.000000164. The molecule has 9 aromatic rings. The van der Waals surface area contributed by atoms with Crippen LogP contribution in [0.1, 0.15) is 65.8 Å². The first-order valence-electron chi connectivity index (χ1n) is 23.5. The highest BCUT2D eigenvalue weighted by molar-refractivity contribution is 6.33. The van der Waals surface area contributed by atoms with Gasteiger partial charge in [-0.2, -0.15) is 0 Å². The minimum Gasteiger partial charge on any atom is -0.494 e. The molecule has 0 radical (unpaired) electrons. The number of hydrogen-bond donors (Lipinski definition) is 6. The van der Waals surface area contributed by atoms with Crippen LogP contribution in [0.2, 0.25) is 5.02 Å². The Morgan fingerprint density at radius 1 is 0.507 bits per heavy atom. The van der Waals surface area contributed by atoms with E-state index in [0.29, 0.717) is 34.4 Å². The van der Waals surface area contributed by atoms with E-state index in [1.807, 2.05) is 126 Å². The molecule has 0 saturated carbocycles. The number of nitrogens with one attached hydrogen (secondary N) is 3. The van der Waals surface area contributed by atoms with Crippen LogP contribution >= 0.6 is 11.6 Å². The van der Waals surface area contributed by atoms with Crippen LogP contribution in [0.4, 0.5) is 34.1 Å². The average molecular weight is 1020 g/mol. The maximum Gasteiger partial charge on any atom is 0.337 e. The van der Waals surface area contributed by atoms with Gasteiger partial charge in [-0.05, 0) is 144 Å². The summed E-state index contributed by atoms with van der Waals surface area (Å²) >= 11 is 6.12. The van der Waals surface area contributed by atoms with Gasteiger partial charge in [-0.3, -0.25) is 24.9 Å². The number of benzene rings is 4. The Kier molecular flexibility index (Phi) is 17.6. The van der Waals surface area contributed by atoms with Gasteiger partial charge in [0.25, 0.3) is 0 Å². The molecule has 6 N–H and O–H groups in total. The Hall–Kier alpha value is -9.47. The number of pyridine rings is 5. The summed E-state index contributed by atoms with van der Waals surface area (Å²) in [7, 11) is 0. The van der Waals surface area contributed by atoms with Crippen molar-refractivity contribution < 1.29 is 34.4 Å². The van der Waals surface area contributed by atoms with Gasteiger partial charge in [0.2, 0.25) is 0 Å². The molecule has 0 aliphatic heterocycles. The molecule has 0 saturated heterocycles. The van der Waals surface area contributed by atoms with Crippen molar-refractivity contribution in [2.24, 2.45) is 0 Å². The monoisotopic (exact) mass is 1020 g/mol. The SMILES string of the molecule is CCOc1cccc(-c2ncc(Nc3ccc(C)cc3C(=O)O)cc2C)c1.Cc1ccc(Nc2ccc(-c3ccncc3Cl)nc2)c(C(=O)O)c1.Cc1ccc(Nc2cnc(-c3ccccn3)c(C)c2)c(C(=O)O)c1. The van der Waals surface area contributed by atoms with E-state index in [1.54, 1.807) is 79.6 Å². The summed E-state index contributed by atoms with van der Waals surface area (Å²) in [5, 5.41) is 38.0. The highest BCUT2D eigenvalue weighted by atomic mass is 35.5. The molecule has 0 fully saturated rings. The quantitative estimate of drug-likeness (QED) is 0.0596. The van der Waals surface area contributed by atoms with Crippen molar-refractivity contribution in [3.8, 4) is 39.7 Å². The van der Waals surface area contributed by atoms with Crippen LogP contribution in [-0.2, 0) is 0 Å². The molecular formula is C59H53ClN8O7. The molecule has 0 atom stereocenters. The van der Waals surface area contributed by atoms with Crippen LogP contribution in [0.5, 0.6) is 5.75 Å². The minimum absolute atomic E-state index is 0.219. The largest absolute Gasteiger partial charge is 0.494 e. The molecule has 15 nitrogen and oxygen atoms in total. The molecule has 0 aliphatic rings. The van der Waals surface area contributed by atoms with Crippen LogP contribution in [0.3, 0.4) is 0 Å². The fourth-order valence-electron chi connectivity index (χ4n) is 7.77. The first kappa shape index (κ1) is 53.3. The number of ether oxygens (including phenoxy) is 1. The van der Waals surface area contributed by atoms with Crippen molar-refractivity contribution in [3.05, 3.63) is 214 Å². The minimum atomic E-state index is -0.977. The first-order valence-corrected chi connectivity index (χ1v) is 23.9. The lowest BCUT2D eigenvalue weighted by Gasteiger charge is -2.13. The van der Waals surface area contributed by atoms with Gasteiger partial charge in [-0.15, -0.1) is 0 Å². The number of aryl methyl sites for hydroxylation is 5. The number of hydrogen-bond acceptors (Lipinski definition) is 12. The number of rotatable bonds is 14. The lowest BCUT2D eigenvalue weighted by atomic mass is 10.1. The summed E-state index contributed by atoms with van der Waals surface area (Å²) in [5.41, 5.74) is 14.1. The molecule has 378 valence electrons. The van der Waals surface area contributed by atoms with E-state index < -0.39 is 17.9 Å². The molecule has 16 heteroatoms. The predicted octanol–water partition coefficient (Wildman–Crippen LogP) is 14.0. The third-order valence-corrected chi connectivity index (χ3v) is 11.6. The summed E-state index contributed by atoms with van der Waals surface area (Å²) < 4.78 is 5.56. The smallest absolute Gasteiger partial charge is 0.337 e. The van der Waals surface area contributed by atoms with E-state index in [1.165, 1.54) is 0 Å². The van der Waals surface area contributed by atoms with Crippen molar-refractivity contribution >= 4 is 63.6 Å². The van der Waals surface area contributed by atoms with Gasteiger partial charge in [0, 0.05) is 29.7 Å². The van der Waals surface area contributed by atoms with Crippen molar-refractivity contribution in [2.75, 3.05) is 22.6 Å². The topological polar surface area (TPSA) is 222 Å². The van der Waals surface area contributed by atoms with Crippen LogP contribution in [0.15, 0.2) is 165 Å². The number of aromatic nitrogens is 5. The van der Waals surface area contributed by atoms with E-state index in [9.17, 15) is 29.7 Å². The maximum atomic E-state index is 11.5. The fraction of sp³-hybridized carbons (Fsp3) is 0.119. The third-order valence-electron chi connectivity index (χ3n) is 11.3. The van der Waals surface area contributed by atoms with Crippen molar-refractivity contribution in [3.63, 3.8) is 0 Å². The molecular weight excluding hydrogens is 968 g/mol. The number of anilines is 6. The summed E-state index contributed by atoms with van der Waals surface area (Å²) in [6.45, 7) is 12.1. The fourth-order valence-corrected chi connectivity index (χ4v) is 7.98. The van der Waals surface area contributed by atoms with Crippen LogP contribution in [0.25, 0.3) is 33.9 Å². The summed E-state index contributed by atoms with van der Waals surface area (Å²) in [4.78, 5) is 55.9. The standard InChI is InChI=1S/C22H22N2O3.C19H17N3O2.C18H14ClN3O2/c1-4-27-18-7-5-6-16(12-18)21-15(3)11-17(13-23-21)24-20-9-8-14(2)10-19(20)22(25)26;1-12-6-7-16(15(9-12)19(23)24)22-14-10-13(2)18(21-11-14)17-5-3-4-8-20-17;1-11-2-4-17(14(8-11)18(23)24)22-12-3-5-16(21-9-12)13-6-7-20-10-15(13)19/h5-13,24H,4H2,1-3H3,(H,25,26);3-11,22H,1-2H3,(H,23,24);2-10,22H,1H3,(H,23,24). The van der Waals surface area contributed by atoms with Crippen molar-refractivity contribution in [2.45, 2.75) is 41.5 Å². The second kappa shape index (κ2) is 24.8. The number of nitrogens with zero attached hydrogens (tertiary/aromatic N) is 5. The Bertz CT molecular complexity index is 3500. The second-order valence-electron chi connectivity index (χ2n) is 17.2. The number of carboxylic acids is 3. The average Bonchev–Trinajstić information content (AvgIpc) is 3.39. The number of carbonyl (C=O) groups is 3. The highest BCUT2D eigenvalue weighted by Gasteiger charge is 2.15. The van der Waals surface area contributed by atoms with E-state index in [0.717, 1.165) is 78.8 Å². The molecule has 0 unspecified atom stereocenters. The Labute approximate surface area is 439 Å². The van der Waals surface area contributed by atoms with Gasteiger partial charge in [-0.25, -0.2) is 14.4 Å². The van der Waals surface area contributed by atoms with E-state index in [4.69, 9.17) is 16.3 Å². The van der Waals surface area contributed by atoms with Crippen LogP contribution < -0.4 is 20.7 Å². The van der Waals surface area contributed by atoms with Gasteiger partial charge in [0.1, 0.15) is 5.75 Å². The Morgan fingerprint density at radius 2 is 1.04 bits per heavy atom. The predicted molar refractivity (Wildman–Crippen MR) is 295 cm³/mol. The molecule has 0 bridgehead atoms.